The van der Waals surface area contributed by atoms with Gasteiger partial charge in [0.15, 0.2) is 0 Å². The van der Waals surface area contributed by atoms with E-state index in [2.05, 4.69) is 41.5 Å². The van der Waals surface area contributed by atoms with Crippen LogP contribution in [0.5, 0.6) is 5.75 Å². The smallest absolute Gasteiger partial charge is 0.204 e. The molecule has 1 heterocycles. The van der Waals surface area contributed by atoms with Crippen molar-refractivity contribution in [1.82, 2.24) is 4.98 Å². The Hall–Kier alpha value is -2.66. The monoisotopic (exact) mass is 379 g/mol. The summed E-state index contributed by atoms with van der Waals surface area (Å²) in [5, 5.41) is 5.14. The van der Waals surface area contributed by atoms with Crippen LogP contribution in [0, 0.1) is 6.92 Å². The number of hydrazone groups is 1. The van der Waals surface area contributed by atoms with Crippen molar-refractivity contribution < 1.29 is 4.74 Å². The van der Waals surface area contributed by atoms with Gasteiger partial charge in [-0.25, -0.2) is 4.98 Å². The third kappa shape index (κ3) is 5.41. The minimum Gasteiger partial charge on any atom is -0.493 e. The molecule has 140 valence electrons. The van der Waals surface area contributed by atoms with Crippen molar-refractivity contribution in [2.75, 3.05) is 12.0 Å². The van der Waals surface area contributed by atoms with E-state index in [0.29, 0.717) is 0 Å². The molecule has 1 aromatic heterocycles. The highest BCUT2D eigenvalue weighted by Crippen LogP contribution is 2.30. The molecule has 27 heavy (non-hydrogen) atoms. The van der Waals surface area contributed by atoms with E-state index in [1.807, 2.05) is 42.5 Å². The number of nitrogens with zero attached hydrogens (tertiary/aromatic N) is 2. The Kier molecular flexibility index (Phi) is 6.99. The predicted molar refractivity (Wildman–Crippen MR) is 115 cm³/mol. The van der Waals surface area contributed by atoms with Gasteiger partial charge in [-0.2, -0.15) is 5.10 Å². The SMILES string of the molecule is CCCCCOc1ccccc1/C=N\Nc1nc(-c2ccccc2)c(C)s1. The summed E-state index contributed by atoms with van der Waals surface area (Å²) in [6, 6.07) is 18.2. The van der Waals surface area contributed by atoms with E-state index in [4.69, 9.17) is 4.74 Å². The summed E-state index contributed by atoms with van der Waals surface area (Å²) in [4.78, 5) is 5.83. The molecular formula is C22H25N3OS. The number of thiazole rings is 1. The van der Waals surface area contributed by atoms with Gasteiger partial charge in [-0.3, -0.25) is 5.43 Å². The minimum absolute atomic E-state index is 0.734. The fourth-order valence-electron chi connectivity index (χ4n) is 2.72. The second-order valence-electron chi connectivity index (χ2n) is 6.25. The lowest BCUT2D eigenvalue weighted by Gasteiger charge is -2.08. The fraction of sp³-hybridized carbons (Fsp3) is 0.273. The van der Waals surface area contributed by atoms with E-state index in [9.17, 15) is 0 Å². The van der Waals surface area contributed by atoms with Crippen LogP contribution < -0.4 is 10.2 Å². The first-order valence-electron chi connectivity index (χ1n) is 9.31. The van der Waals surface area contributed by atoms with Crippen LogP contribution in [0.15, 0.2) is 59.7 Å². The van der Waals surface area contributed by atoms with E-state index in [1.165, 1.54) is 17.7 Å². The molecule has 0 bridgehead atoms. The van der Waals surface area contributed by atoms with E-state index >= 15 is 0 Å². The number of nitrogens with one attached hydrogen (secondary N) is 1. The summed E-state index contributed by atoms with van der Waals surface area (Å²) >= 11 is 1.60. The average molecular weight is 380 g/mol. The lowest BCUT2D eigenvalue weighted by atomic mass is 10.1. The van der Waals surface area contributed by atoms with Crippen LogP contribution in [0.1, 0.15) is 36.6 Å². The van der Waals surface area contributed by atoms with Crippen LogP contribution in [0.3, 0.4) is 0 Å². The van der Waals surface area contributed by atoms with E-state index in [1.54, 1.807) is 17.6 Å². The van der Waals surface area contributed by atoms with Gasteiger partial charge in [-0.15, -0.1) is 11.3 Å². The first-order valence-corrected chi connectivity index (χ1v) is 10.1. The number of para-hydroxylation sites is 1. The molecule has 0 fully saturated rings. The highest BCUT2D eigenvalue weighted by Gasteiger charge is 2.09. The van der Waals surface area contributed by atoms with E-state index in [-0.39, 0.29) is 0 Å². The Morgan fingerprint density at radius 2 is 1.85 bits per heavy atom. The second-order valence-corrected chi connectivity index (χ2v) is 7.46. The van der Waals surface area contributed by atoms with Crippen molar-refractivity contribution in [1.29, 1.82) is 0 Å². The number of hydrogen-bond acceptors (Lipinski definition) is 5. The molecule has 4 nitrogen and oxygen atoms in total. The van der Waals surface area contributed by atoms with Crippen molar-refractivity contribution in [2.24, 2.45) is 5.10 Å². The molecule has 3 aromatic rings. The number of aryl methyl sites for hydroxylation is 1. The molecule has 0 saturated heterocycles. The fourth-order valence-corrected chi connectivity index (χ4v) is 3.50. The molecule has 0 amide bonds. The Bertz CT molecular complexity index is 874. The largest absolute Gasteiger partial charge is 0.493 e. The topological polar surface area (TPSA) is 46.5 Å². The van der Waals surface area contributed by atoms with Crippen molar-refractivity contribution in [3.63, 3.8) is 0 Å². The molecule has 0 spiro atoms. The summed E-state index contributed by atoms with van der Waals surface area (Å²) in [5.41, 5.74) is 6.12. The molecule has 2 aromatic carbocycles. The molecule has 0 atom stereocenters. The number of ether oxygens (including phenoxy) is 1. The van der Waals surface area contributed by atoms with Gasteiger partial charge in [0.1, 0.15) is 5.75 Å². The Morgan fingerprint density at radius 1 is 1.07 bits per heavy atom. The molecule has 3 rings (SSSR count). The van der Waals surface area contributed by atoms with Gasteiger partial charge in [-0.05, 0) is 25.5 Å². The molecule has 0 saturated carbocycles. The molecule has 1 N–H and O–H groups in total. The predicted octanol–water partition coefficient (Wildman–Crippen LogP) is 6.13. The summed E-state index contributed by atoms with van der Waals surface area (Å²) in [6.07, 6.45) is 5.23. The van der Waals surface area contributed by atoms with Crippen LogP contribution in [0.4, 0.5) is 5.13 Å². The summed E-state index contributed by atoms with van der Waals surface area (Å²) in [5.74, 6) is 0.861. The molecule has 0 unspecified atom stereocenters. The summed E-state index contributed by atoms with van der Waals surface area (Å²) in [7, 11) is 0. The van der Waals surface area contributed by atoms with Crippen molar-refractivity contribution in [3.05, 3.63) is 65.0 Å². The summed E-state index contributed by atoms with van der Waals surface area (Å²) < 4.78 is 5.89. The van der Waals surface area contributed by atoms with Crippen molar-refractivity contribution >= 4 is 22.7 Å². The first kappa shape index (κ1) is 19.1. The maximum atomic E-state index is 5.89. The highest BCUT2D eigenvalue weighted by molar-refractivity contribution is 7.15. The van der Waals surface area contributed by atoms with Gasteiger partial charge < -0.3 is 4.74 Å². The zero-order chi connectivity index (χ0) is 18.9. The van der Waals surface area contributed by atoms with Crippen LogP contribution >= 0.6 is 11.3 Å². The molecule has 5 heteroatoms. The zero-order valence-corrected chi connectivity index (χ0v) is 16.6. The second kappa shape index (κ2) is 9.88. The third-order valence-corrected chi connectivity index (χ3v) is 5.01. The van der Waals surface area contributed by atoms with E-state index in [0.717, 1.165) is 40.7 Å². The average Bonchev–Trinajstić information content (AvgIpc) is 3.07. The minimum atomic E-state index is 0.734. The molecular weight excluding hydrogens is 354 g/mol. The standard InChI is InChI=1S/C22H25N3OS/c1-3-4-10-15-26-20-14-9-8-13-19(20)16-23-25-22-24-21(17(2)27-22)18-11-6-5-7-12-18/h5-9,11-14,16H,3-4,10,15H2,1-2H3,(H,24,25)/b23-16-. The van der Waals surface area contributed by atoms with Gasteiger partial charge in [0.25, 0.3) is 0 Å². The van der Waals surface area contributed by atoms with Gasteiger partial charge in [0.2, 0.25) is 5.13 Å². The quantitative estimate of drug-likeness (QED) is 0.276. The highest BCUT2D eigenvalue weighted by atomic mass is 32.1. The van der Waals surface area contributed by atoms with Gasteiger partial charge in [0.05, 0.1) is 18.5 Å². The zero-order valence-electron chi connectivity index (χ0n) is 15.8. The molecule has 0 aliphatic carbocycles. The normalized spacial score (nSPS) is 11.0. The summed E-state index contributed by atoms with van der Waals surface area (Å²) in [6.45, 7) is 5.00. The van der Waals surface area contributed by atoms with Crippen LogP contribution in [-0.2, 0) is 0 Å². The van der Waals surface area contributed by atoms with Crippen LogP contribution in [-0.4, -0.2) is 17.8 Å². The number of hydrogen-bond donors (Lipinski definition) is 1. The lowest BCUT2D eigenvalue weighted by Crippen LogP contribution is -2.00. The lowest BCUT2D eigenvalue weighted by molar-refractivity contribution is 0.306. The number of rotatable bonds is 9. The van der Waals surface area contributed by atoms with Gasteiger partial charge in [-0.1, -0.05) is 62.2 Å². The molecule has 0 aliphatic heterocycles. The Balaban J connectivity index is 1.65. The number of benzene rings is 2. The van der Waals surface area contributed by atoms with E-state index < -0.39 is 0 Å². The molecule has 0 aliphatic rings. The first-order chi connectivity index (χ1) is 13.3. The van der Waals surface area contributed by atoms with Gasteiger partial charge in [0, 0.05) is 16.0 Å². The van der Waals surface area contributed by atoms with Crippen molar-refractivity contribution in [3.8, 4) is 17.0 Å². The maximum absolute atomic E-state index is 5.89. The Labute approximate surface area is 164 Å². The van der Waals surface area contributed by atoms with Crippen molar-refractivity contribution in [2.45, 2.75) is 33.1 Å². The van der Waals surface area contributed by atoms with Gasteiger partial charge >= 0.3 is 0 Å². The maximum Gasteiger partial charge on any atom is 0.204 e. The number of aromatic nitrogens is 1. The Morgan fingerprint density at radius 3 is 2.67 bits per heavy atom. The number of unbranched alkanes of at least 4 members (excludes halogenated alkanes) is 2. The third-order valence-electron chi connectivity index (χ3n) is 4.13. The van der Waals surface area contributed by atoms with Crippen LogP contribution in [0.2, 0.25) is 0 Å². The van der Waals surface area contributed by atoms with Crippen LogP contribution in [0.25, 0.3) is 11.3 Å². The number of anilines is 1. The molecule has 0 radical (unpaired) electrons.